The Morgan fingerprint density at radius 2 is 1.88 bits per heavy atom. The summed E-state index contributed by atoms with van der Waals surface area (Å²) >= 11 is 0. The molecule has 0 amide bonds. The molecular formula is C23H27NO2. The van der Waals surface area contributed by atoms with Gasteiger partial charge in [-0.3, -0.25) is 4.98 Å². The summed E-state index contributed by atoms with van der Waals surface area (Å²) < 4.78 is 4.95. The number of hydrogen-bond donors (Lipinski definition) is 1. The quantitative estimate of drug-likeness (QED) is 0.613. The van der Waals surface area contributed by atoms with Crippen molar-refractivity contribution in [2.24, 2.45) is 0 Å². The van der Waals surface area contributed by atoms with E-state index in [9.17, 15) is 5.11 Å². The molecule has 0 aliphatic carbocycles. The van der Waals surface area contributed by atoms with Gasteiger partial charge in [0.2, 0.25) is 0 Å². The van der Waals surface area contributed by atoms with Gasteiger partial charge in [0.25, 0.3) is 0 Å². The minimum atomic E-state index is 0.172. The molecule has 0 atom stereocenters. The van der Waals surface area contributed by atoms with Crippen molar-refractivity contribution in [1.82, 2.24) is 4.98 Å². The summed E-state index contributed by atoms with van der Waals surface area (Å²) in [7, 11) is 1.54. The number of unbranched alkanes of at least 4 members (excludes halogenated alkanes) is 1. The van der Waals surface area contributed by atoms with E-state index in [1.807, 2.05) is 31.2 Å². The highest BCUT2D eigenvalue weighted by Crippen LogP contribution is 2.26. The van der Waals surface area contributed by atoms with Crippen LogP contribution >= 0.6 is 0 Å². The monoisotopic (exact) mass is 349 g/mol. The molecule has 2 aromatic carbocycles. The number of nitrogens with zero attached hydrogens (tertiary/aromatic N) is 1. The molecule has 3 rings (SSSR count). The van der Waals surface area contributed by atoms with Gasteiger partial charge in [-0.05, 0) is 49.6 Å². The van der Waals surface area contributed by atoms with E-state index in [4.69, 9.17) is 4.74 Å². The van der Waals surface area contributed by atoms with Crippen LogP contribution in [0.5, 0.6) is 11.5 Å². The third-order valence-electron chi connectivity index (χ3n) is 4.01. The number of methoxy groups -OCH3 is 1. The number of aromatic hydroxyl groups is 1. The maximum absolute atomic E-state index is 9.25. The van der Waals surface area contributed by atoms with Crippen molar-refractivity contribution in [2.75, 3.05) is 7.11 Å². The number of para-hydroxylation sites is 1. The summed E-state index contributed by atoms with van der Waals surface area (Å²) in [5, 5.41) is 10.5. The lowest BCUT2D eigenvalue weighted by atomic mass is 10.1. The van der Waals surface area contributed by atoms with E-state index in [0.717, 1.165) is 17.5 Å². The molecule has 1 heterocycles. The van der Waals surface area contributed by atoms with E-state index in [1.54, 1.807) is 12.1 Å². The van der Waals surface area contributed by atoms with Crippen LogP contribution in [0.15, 0.2) is 60.7 Å². The first kappa shape index (κ1) is 19.5. The lowest BCUT2D eigenvalue weighted by Gasteiger charge is -2.03. The predicted molar refractivity (Wildman–Crippen MR) is 110 cm³/mol. The van der Waals surface area contributed by atoms with Crippen molar-refractivity contribution in [3.63, 3.8) is 0 Å². The molecule has 0 bridgehead atoms. The number of hydrogen-bond acceptors (Lipinski definition) is 3. The summed E-state index contributed by atoms with van der Waals surface area (Å²) in [6.07, 6.45) is 7.44. The van der Waals surface area contributed by atoms with Gasteiger partial charge in [0.05, 0.1) is 12.6 Å². The fourth-order valence-electron chi connectivity index (χ4n) is 2.60. The number of rotatable bonds is 5. The molecular weight excluding hydrogens is 322 g/mol. The third-order valence-corrected chi connectivity index (χ3v) is 4.01. The molecule has 0 saturated heterocycles. The number of phenols is 1. The molecule has 0 spiro atoms. The second-order valence-electron chi connectivity index (χ2n) is 6.03. The first-order chi connectivity index (χ1) is 12.7. The Morgan fingerprint density at radius 1 is 1.08 bits per heavy atom. The van der Waals surface area contributed by atoms with Crippen LogP contribution in [0, 0.1) is 0 Å². The molecule has 0 saturated carbocycles. The molecule has 0 radical (unpaired) electrons. The Morgan fingerprint density at radius 3 is 2.62 bits per heavy atom. The average molecular weight is 349 g/mol. The molecule has 0 unspecified atom stereocenters. The normalized spacial score (nSPS) is 10.6. The van der Waals surface area contributed by atoms with Crippen LogP contribution in [-0.4, -0.2) is 17.2 Å². The highest BCUT2D eigenvalue weighted by molar-refractivity contribution is 5.78. The number of aryl methyl sites for hydroxylation is 1. The lowest BCUT2D eigenvalue weighted by Crippen LogP contribution is -1.89. The molecule has 0 fully saturated rings. The Bertz CT molecular complexity index is 856. The zero-order chi connectivity index (χ0) is 18.8. The fourth-order valence-corrected chi connectivity index (χ4v) is 2.60. The zero-order valence-corrected chi connectivity index (χ0v) is 15.8. The van der Waals surface area contributed by atoms with Crippen LogP contribution in [0.4, 0.5) is 0 Å². The summed E-state index contributed by atoms with van der Waals surface area (Å²) in [6.45, 7) is 4.15. The van der Waals surface area contributed by atoms with Crippen LogP contribution < -0.4 is 4.74 Å². The highest BCUT2D eigenvalue weighted by Gasteiger charge is 1.99. The van der Waals surface area contributed by atoms with Crippen LogP contribution in [0.2, 0.25) is 0 Å². The zero-order valence-electron chi connectivity index (χ0n) is 15.8. The fraction of sp³-hybridized carbons (Fsp3) is 0.261. The number of ether oxygens (including phenoxy) is 1. The van der Waals surface area contributed by atoms with Gasteiger partial charge in [-0.15, -0.1) is 0 Å². The number of pyridine rings is 1. The molecule has 3 heteroatoms. The summed E-state index contributed by atoms with van der Waals surface area (Å²) in [4.78, 5) is 4.61. The Labute approximate surface area is 156 Å². The number of phenolic OH excluding ortho intramolecular Hbond substituents is 1. The average Bonchev–Trinajstić information content (AvgIpc) is 2.68. The Kier molecular flexibility index (Phi) is 7.69. The number of fused-ring (bicyclic) bond motifs is 1. The van der Waals surface area contributed by atoms with Gasteiger partial charge in [-0.2, -0.15) is 0 Å². The van der Waals surface area contributed by atoms with Gasteiger partial charge in [-0.1, -0.05) is 55.8 Å². The lowest BCUT2D eigenvalue weighted by molar-refractivity contribution is 0.373. The van der Waals surface area contributed by atoms with Gasteiger partial charge in [0, 0.05) is 11.1 Å². The van der Waals surface area contributed by atoms with E-state index in [1.165, 1.54) is 31.0 Å². The Balaban J connectivity index is 0.000000190. The molecule has 3 nitrogen and oxygen atoms in total. The molecule has 3 aromatic rings. The summed E-state index contributed by atoms with van der Waals surface area (Å²) in [6, 6.07) is 17.8. The van der Waals surface area contributed by atoms with Crippen molar-refractivity contribution < 1.29 is 9.84 Å². The maximum atomic E-state index is 9.25. The standard InChI is InChI=1S/C13H15N.C10H12O2/c1-2-3-7-12-10-9-11-6-4-5-8-13(11)14-12;1-3-4-8-5-6-9(11)10(7-8)12-2/h4-6,8-10H,2-3,7H2,1H3;3-7,11H,1-2H3. The maximum Gasteiger partial charge on any atom is 0.161 e. The minimum absolute atomic E-state index is 0.172. The highest BCUT2D eigenvalue weighted by atomic mass is 16.5. The molecule has 0 aliphatic heterocycles. The van der Waals surface area contributed by atoms with Gasteiger partial charge in [0.15, 0.2) is 11.5 Å². The molecule has 136 valence electrons. The summed E-state index contributed by atoms with van der Waals surface area (Å²) in [5.41, 5.74) is 3.35. The van der Waals surface area contributed by atoms with Crippen molar-refractivity contribution >= 4 is 17.0 Å². The van der Waals surface area contributed by atoms with Crippen molar-refractivity contribution in [3.05, 3.63) is 71.9 Å². The van der Waals surface area contributed by atoms with Crippen LogP contribution in [0.1, 0.15) is 37.9 Å². The van der Waals surface area contributed by atoms with Crippen molar-refractivity contribution in [3.8, 4) is 11.5 Å². The van der Waals surface area contributed by atoms with Gasteiger partial charge in [-0.25, -0.2) is 0 Å². The molecule has 26 heavy (non-hydrogen) atoms. The van der Waals surface area contributed by atoms with E-state index >= 15 is 0 Å². The van der Waals surface area contributed by atoms with Gasteiger partial charge < -0.3 is 9.84 Å². The number of allylic oxidation sites excluding steroid dienone is 1. The first-order valence-electron chi connectivity index (χ1n) is 9.02. The number of aromatic nitrogens is 1. The molecule has 1 aromatic heterocycles. The van der Waals surface area contributed by atoms with Gasteiger partial charge >= 0.3 is 0 Å². The van der Waals surface area contributed by atoms with Crippen molar-refractivity contribution in [1.29, 1.82) is 0 Å². The first-order valence-corrected chi connectivity index (χ1v) is 9.02. The van der Waals surface area contributed by atoms with Crippen LogP contribution in [0.3, 0.4) is 0 Å². The summed E-state index contributed by atoms with van der Waals surface area (Å²) in [5.74, 6) is 0.677. The van der Waals surface area contributed by atoms with Crippen molar-refractivity contribution in [2.45, 2.75) is 33.1 Å². The Hall–Kier alpha value is -2.81. The van der Waals surface area contributed by atoms with E-state index < -0.39 is 0 Å². The molecule has 0 aliphatic rings. The predicted octanol–water partition coefficient (Wildman–Crippen LogP) is 6.01. The van der Waals surface area contributed by atoms with E-state index in [0.29, 0.717) is 5.75 Å². The minimum Gasteiger partial charge on any atom is -0.504 e. The van der Waals surface area contributed by atoms with Crippen LogP contribution in [-0.2, 0) is 6.42 Å². The molecule has 1 N–H and O–H groups in total. The smallest absolute Gasteiger partial charge is 0.161 e. The SMILES string of the molecule is CC=Cc1ccc(O)c(OC)c1.CCCCc1ccc2ccccc2n1. The number of benzene rings is 2. The van der Waals surface area contributed by atoms with E-state index in [-0.39, 0.29) is 5.75 Å². The second kappa shape index (κ2) is 10.2. The topological polar surface area (TPSA) is 42.4 Å². The second-order valence-corrected chi connectivity index (χ2v) is 6.03. The van der Waals surface area contributed by atoms with Gasteiger partial charge in [0.1, 0.15) is 0 Å². The van der Waals surface area contributed by atoms with Crippen LogP contribution in [0.25, 0.3) is 17.0 Å². The van der Waals surface area contributed by atoms with E-state index in [2.05, 4.69) is 42.2 Å². The largest absolute Gasteiger partial charge is 0.504 e. The third kappa shape index (κ3) is 5.62.